The first-order chi connectivity index (χ1) is 7.05. The predicted octanol–water partition coefficient (Wildman–Crippen LogP) is 3.84. The molecule has 1 aliphatic rings. The highest BCUT2D eigenvalue weighted by molar-refractivity contribution is 4.83. The average Bonchev–Trinajstić information content (AvgIpc) is 2.38. The summed E-state index contributed by atoms with van der Waals surface area (Å²) in [6.45, 7) is 11.8. The van der Waals surface area contributed by atoms with Crippen LogP contribution in [0.3, 0.4) is 0 Å². The van der Waals surface area contributed by atoms with Crippen molar-refractivity contribution in [3.05, 3.63) is 0 Å². The van der Waals surface area contributed by atoms with Gasteiger partial charge in [0, 0.05) is 0 Å². The van der Waals surface area contributed by atoms with Gasteiger partial charge in [0.1, 0.15) is 0 Å². The van der Waals surface area contributed by atoms with Gasteiger partial charge in [0.25, 0.3) is 0 Å². The van der Waals surface area contributed by atoms with Crippen LogP contribution in [0.2, 0.25) is 0 Å². The largest absolute Gasteiger partial charge is 0.317 e. The quantitative estimate of drug-likeness (QED) is 0.699. The Morgan fingerprint density at radius 3 is 2.33 bits per heavy atom. The van der Waals surface area contributed by atoms with Crippen LogP contribution < -0.4 is 5.32 Å². The van der Waals surface area contributed by atoms with Gasteiger partial charge >= 0.3 is 0 Å². The molecule has 2 unspecified atom stereocenters. The zero-order valence-corrected chi connectivity index (χ0v) is 11.1. The van der Waals surface area contributed by atoms with Gasteiger partial charge in [-0.3, -0.25) is 0 Å². The van der Waals surface area contributed by atoms with Crippen molar-refractivity contribution < 1.29 is 0 Å². The lowest BCUT2D eigenvalue weighted by atomic mass is 9.71. The average molecular weight is 211 g/mol. The summed E-state index contributed by atoms with van der Waals surface area (Å²) in [5, 5.41) is 3.55. The highest BCUT2D eigenvalue weighted by Crippen LogP contribution is 2.40. The molecule has 1 saturated carbocycles. The molecular weight excluding hydrogens is 182 g/mol. The zero-order valence-electron chi connectivity index (χ0n) is 11.1. The molecular formula is C14H29N. The van der Waals surface area contributed by atoms with Gasteiger partial charge in [0.2, 0.25) is 0 Å². The van der Waals surface area contributed by atoms with Gasteiger partial charge in [-0.2, -0.15) is 0 Å². The van der Waals surface area contributed by atoms with Crippen molar-refractivity contribution in [2.75, 3.05) is 13.1 Å². The molecule has 0 saturated heterocycles. The predicted molar refractivity (Wildman–Crippen MR) is 68.1 cm³/mol. The molecule has 1 fully saturated rings. The van der Waals surface area contributed by atoms with E-state index in [-0.39, 0.29) is 0 Å². The molecule has 2 atom stereocenters. The van der Waals surface area contributed by atoms with Gasteiger partial charge in [0.05, 0.1) is 0 Å². The lowest BCUT2D eigenvalue weighted by Crippen LogP contribution is -2.34. The zero-order chi connectivity index (χ0) is 11.3. The first kappa shape index (κ1) is 13.0. The molecule has 1 nitrogen and oxygen atoms in total. The van der Waals surface area contributed by atoms with Crippen molar-refractivity contribution >= 4 is 0 Å². The Kier molecular flexibility index (Phi) is 5.11. The van der Waals surface area contributed by atoms with Crippen LogP contribution in [-0.4, -0.2) is 13.1 Å². The first-order valence-electron chi connectivity index (χ1n) is 6.76. The van der Waals surface area contributed by atoms with Crippen molar-refractivity contribution in [1.82, 2.24) is 5.32 Å². The summed E-state index contributed by atoms with van der Waals surface area (Å²) in [4.78, 5) is 0. The fourth-order valence-electron chi connectivity index (χ4n) is 3.10. The van der Waals surface area contributed by atoms with Crippen molar-refractivity contribution in [3.63, 3.8) is 0 Å². The van der Waals surface area contributed by atoms with Gasteiger partial charge in [-0.25, -0.2) is 0 Å². The summed E-state index contributed by atoms with van der Waals surface area (Å²) in [5.74, 6) is 1.83. The van der Waals surface area contributed by atoms with Gasteiger partial charge in [0.15, 0.2) is 0 Å². The Morgan fingerprint density at radius 1 is 1.07 bits per heavy atom. The van der Waals surface area contributed by atoms with Crippen LogP contribution in [0.25, 0.3) is 0 Å². The maximum absolute atomic E-state index is 3.55. The molecule has 15 heavy (non-hydrogen) atoms. The molecule has 0 bridgehead atoms. The molecule has 0 spiro atoms. The van der Waals surface area contributed by atoms with E-state index in [1.54, 1.807) is 0 Å². The molecule has 0 radical (unpaired) electrons. The van der Waals surface area contributed by atoms with E-state index in [0.717, 1.165) is 18.4 Å². The second-order valence-corrected chi connectivity index (χ2v) is 6.18. The van der Waals surface area contributed by atoms with E-state index in [1.165, 1.54) is 38.6 Å². The van der Waals surface area contributed by atoms with Gasteiger partial charge in [-0.05, 0) is 43.2 Å². The van der Waals surface area contributed by atoms with Crippen molar-refractivity contribution in [2.24, 2.45) is 17.3 Å². The molecule has 0 aromatic heterocycles. The fourth-order valence-corrected chi connectivity index (χ4v) is 3.10. The van der Waals surface area contributed by atoms with E-state index >= 15 is 0 Å². The van der Waals surface area contributed by atoms with Crippen molar-refractivity contribution in [3.8, 4) is 0 Å². The number of hydrogen-bond donors (Lipinski definition) is 1. The maximum Gasteiger partial charge on any atom is -0.00178 e. The lowest BCUT2D eigenvalue weighted by molar-refractivity contribution is 0.145. The number of hydrogen-bond acceptors (Lipinski definition) is 1. The van der Waals surface area contributed by atoms with E-state index in [9.17, 15) is 0 Å². The summed E-state index contributed by atoms with van der Waals surface area (Å²) in [5.41, 5.74) is 0.491. The first-order valence-corrected chi connectivity index (χ1v) is 6.76. The Morgan fingerprint density at radius 2 is 1.73 bits per heavy atom. The van der Waals surface area contributed by atoms with Crippen LogP contribution in [0.4, 0.5) is 0 Å². The number of nitrogens with one attached hydrogen (secondary N) is 1. The minimum atomic E-state index is 0.491. The Bertz CT molecular complexity index is 169. The number of rotatable bonds is 3. The molecule has 1 aliphatic carbocycles. The standard InChI is InChI=1S/C14H29N/c1-5-15-11-12-9-7-6-8-10-13(12)14(2,3)4/h12-13,15H,5-11H2,1-4H3. The molecule has 1 rings (SSSR count). The van der Waals surface area contributed by atoms with Crippen LogP contribution in [0.5, 0.6) is 0 Å². The lowest BCUT2D eigenvalue weighted by Gasteiger charge is -2.36. The second-order valence-electron chi connectivity index (χ2n) is 6.18. The van der Waals surface area contributed by atoms with Gasteiger partial charge in [-0.1, -0.05) is 47.0 Å². The minimum absolute atomic E-state index is 0.491. The smallest absolute Gasteiger partial charge is 0.00178 e. The van der Waals surface area contributed by atoms with E-state index in [0.29, 0.717) is 5.41 Å². The van der Waals surface area contributed by atoms with Crippen molar-refractivity contribution in [1.29, 1.82) is 0 Å². The SMILES string of the molecule is CCNCC1CCCCCC1C(C)(C)C. The molecule has 90 valence electrons. The molecule has 0 amide bonds. The Balaban J connectivity index is 2.59. The van der Waals surface area contributed by atoms with Crippen LogP contribution in [0.15, 0.2) is 0 Å². The van der Waals surface area contributed by atoms with E-state index in [1.807, 2.05) is 0 Å². The summed E-state index contributed by atoms with van der Waals surface area (Å²) < 4.78 is 0. The Hall–Kier alpha value is -0.0400. The van der Waals surface area contributed by atoms with Crippen molar-refractivity contribution in [2.45, 2.75) is 59.8 Å². The third kappa shape index (κ3) is 4.14. The van der Waals surface area contributed by atoms with E-state index < -0.39 is 0 Å². The summed E-state index contributed by atoms with van der Waals surface area (Å²) in [6, 6.07) is 0. The molecule has 1 heteroatoms. The van der Waals surface area contributed by atoms with E-state index in [2.05, 4.69) is 33.0 Å². The van der Waals surface area contributed by atoms with Crippen LogP contribution in [0.1, 0.15) is 59.8 Å². The van der Waals surface area contributed by atoms with E-state index in [4.69, 9.17) is 0 Å². The third-order valence-corrected chi connectivity index (χ3v) is 3.93. The fraction of sp³-hybridized carbons (Fsp3) is 1.00. The molecule has 1 N–H and O–H groups in total. The maximum atomic E-state index is 3.55. The van der Waals surface area contributed by atoms with Crippen LogP contribution in [0, 0.1) is 17.3 Å². The van der Waals surface area contributed by atoms with Gasteiger partial charge < -0.3 is 5.32 Å². The Labute approximate surface area is 96.0 Å². The summed E-state index contributed by atoms with van der Waals surface area (Å²) >= 11 is 0. The normalized spacial score (nSPS) is 28.8. The molecule has 0 aromatic rings. The monoisotopic (exact) mass is 211 g/mol. The molecule has 0 heterocycles. The molecule has 0 aliphatic heterocycles. The summed E-state index contributed by atoms with van der Waals surface area (Å²) in [6.07, 6.45) is 7.23. The van der Waals surface area contributed by atoms with Crippen LogP contribution >= 0.6 is 0 Å². The van der Waals surface area contributed by atoms with Crippen LogP contribution in [-0.2, 0) is 0 Å². The highest BCUT2D eigenvalue weighted by atomic mass is 14.8. The highest BCUT2D eigenvalue weighted by Gasteiger charge is 2.32. The summed E-state index contributed by atoms with van der Waals surface area (Å²) in [7, 11) is 0. The van der Waals surface area contributed by atoms with Gasteiger partial charge in [-0.15, -0.1) is 0 Å². The second kappa shape index (κ2) is 5.89. The minimum Gasteiger partial charge on any atom is -0.317 e. The third-order valence-electron chi connectivity index (χ3n) is 3.93. The topological polar surface area (TPSA) is 12.0 Å². The molecule has 0 aromatic carbocycles.